The molecule has 1 aromatic heterocycles. The second kappa shape index (κ2) is 8.49. The number of hydrogen-bond donors (Lipinski definition) is 2. The topological polar surface area (TPSA) is 59.1 Å². The van der Waals surface area contributed by atoms with Gasteiger partial charge in [0.2, 0.25) is 5.95 Å². The van der Waals surface area contributed by atoms with Crippen LogP contribution in [0.3, 0.4) is 0 Å². The van der Waals surface area contributed by atoms with Crippen LogP contribution in [0.5, 0.6) is 5.75 Å². The molecule has 26 heavy (non-hydrogen) atoms. The van der Waals surface area contributed by atoms with Crippen molar-refractivity contribution >= 4 is 29.1 Å². The first-order valence-corrected chi connectivity index (χ1v) is 8.44. The van der Waals surface area contributed by atoms with Gasteiger partial charge in [-0.15, -0.1) is 0 Å². The normalized spacial score (nSPS) is 10.4. The highest BCUT2D eigenvalue weighted by atomic mass is 35.5. The molecule has 0 fully saturated rings. The van der Waals surface area contributed by atoms with Gasteiger partial charge in [-0.05, 0) is 42.3 Å². The number of anilines is 3. The molecule has 0 bridgehead atoms. The predicted octanol–water partition coefficient (Wildman–Crippen LogP) is 4.68. The predicted molar refractivity (Wildman–Crippen MR) is 102 cm³/mol. The monoisotopic (exact) mass is 372 g/mol. The second-order valence-corrected chi connectivity index (χ2v) is 5.94. The summed E-state index contributed by atoms with van der Waals surface area (Å²) in [5, 5.41) is 6.84. The third-order valence-electron chi connectivity index (χ3n) is 3.72. The molecular weight excluding hydrogens is 355 g/mol. The van der Waals surface area contributed by atoms with E-state index in [4.69, 9.17) is 16.3 Å². The molecule has 0 aliphatic heterocycles. The van der Waals surface area contributed by atoms with Crippen LogP contribution < -0.4 is 15.4 Å². The van der Waals surface area contributed by atoms with E-state index in [1.165, 1.54) is 6.07 Å². The van der Waals surface area contributed by atoms with Crippen molar-refractivity contribution in [1.29, 1.82) is 0 Å². The average Bonchev–Trinajstić information content (AvgIpc) is 2.64. The minimum Gasteiger partial charge on any atom is -0.495 e. The van der Waals surface area contributed by atoms with Crippen molar-refractivity contribution in [2.24, 2.45) is 0 Å². The van der Waals surface area contributed by atoms with Gasteiger partial charge in [0.05, 0.1) is 12.8 Å². The first-order chi connectivity index (χ1) is 12.7. The third kappa shape index (κ3) is 4.61. The van der Waals surface area contributed by atoms with Gasteiger partial charge in [-0.1, -0.05) is 29.8 Å². The molecule has 0 amide bonds. The largest absolute Gasteiger partial charge is 0.495 e. The van der Waals surface area contributed by atoms with Crippen molar-refractivity contribution in [3.05, 3.63) is 71.1 Å². The van der Waals surface area contributed by atoms with Crippen molar-refractivity contribution in [3.63, 3.8) is 0 Å². The SMILES string of the molecule is COc1ccc(Cl)cc1Nc1nccc(NCCc2ccccc2F)n1. The molecule has 2 aromatic carbocycles. The van der Waals surface area contributed by atoms with E-state index in [1.807, 2.05) is 6.07 Å². The molecule has 3 rings (SSSR count). The number of rotatable bonds is 7. The molecule has 1 heterocycles. The summed E-state index contributed by atoms with van der Waals surface area (Å²) >= 11 is 6.03. The molecule has 0 unspecified atom stereocenters. The van der Waals surface area contributed by atoms with Gasteiger partial charge < -0.3 is 15.4 Å². The number of nitrogens with zero attached hydrogens (tertiary/aromatic N) is 2. The Morgan fingerprint density at radius 1 is 1.15 bits per heavy atom. The van der Waals surface area contributed by atoms with Crippen LogP contribution in [0, 0.1) is 5.82 Å². The first kappa shape index (κ1) is 17.9. The maximum Gasteiger partial charge on any atom is 0.229 e. The van der Waals surface area contributed by atoms with E-state index in [9.17, 15) is 4.39 Å². The summed E-state index contributed by atoms with van der Waals surface area (Å²) in [5.74, 6) is 1.48. The van der Waals surface area contributed by atoms with E-state index in [2.05, 4.69) is 20.6 Å². The lowest BCUT2D eigenvalue weighted by atomic mass is 10.1. The average molecular weight is 373 g/mol. The Hall–Kier alpha value is -2.86. The van der Waals surface area contributed by atoms with Gasteiger partial charge in [0.1, 0.15) is 17.4 Å². The highest BCUT2D eigenvalue weighted by Gasteiger charge is 2.07. The number of hydrogen-bond acceptors (Lipinski definition) is 5. The fourth-order valence-corrected chi connectivity index (χ4v) is 2.61. The highest BCUT2D eigenvalue weighted by molar-refractivity contribution is 6.31. The fourth-order valence-electron chi connectivity index (χ4n) is 2.44. The molecule has 2 N–H and O–H groups in total. The summed E-state index contributed by atoms with van der Waals surface area (Å²) in [6, 6.07) is 13.7. The smallest absolute Gasteiger partial charge is 0.229 e. The Bertz CT molecular complexity index is 891. The van der Waals surface area contributed by atoms with Crippen molar-refractivity contribution in [1.82, 2.24) is 9.97 Å². The van der Waals surface area contributed by atoms with Gasteiger partial charge in [0, 0.05) is 17.8 Å². The van der Waals surface area contributed by atoms with E-state index in [0.717, 1.165) is 0 Å². The summed E-state index contributed by atoms with van der Waals surface area (Å²) in [5.41, 5.74) is 1.33. The van der Waals surface area contributed by atoms with Crippen LogP contribution in [0.4, 0.5) is 21.8 Å². The molecular formula is C19H18ClFN4O. The van der Waals surface area contributed by atoms with E-state index < -0.39 is 0 Å². The third-order valence-corrected chi connectivity index (χ3v) is 3.96. The summed E-state index contributed by atoms with van der Waals surface area (Å²) in [7, 11) is 1.58. The summed E-state index contributed by atoms with van der Waals surface area (Å²) in [6.07, 6.45) is 2.19. The van der Waals surface area contributed by atoms with Crippen LogP contribution in [0.1, 0.15) is 5.56 Å². The number of methoxy groups -OCH3 is 1. The number of aromatic nitrogens is 2. The van der Waals surface area contributed by atoms with Gasteiger partial charge in [0.25, 0.3) is 0 Å². The summed E-state index contributed by atoms with van der Waals surface area (Å²) in [6.45, 7) is 0.553. The standard InChI is InChI=1S/C19H18ClFN4O/c1-26-17-7-6-14(20)12-16(17)24-19-23-11-9-18(25-19)22-10-8-13-4-2-3-5-15(13)21/h2-7,9,11-12H,8,10H2,1H3,(H2,22,23,24,25). The quantitative estimate of drug-likeness (QED) is 0.630. The number of benzene rings is 2. The molecule has 7 heteroatoms. The molecule has 3 aromatic rings. The molecule has 0 atom stereocenters. The molecule has 0 saturated heterocycles. The Kier molecular flexibility index (Phi) is 5.86. The zero-order chi connectivity index (χ0) is 18.4. The highest BCUT2D eigenvalue weighted by Crippen LogP contribution is 2.29. The maximum absolute atomic E-state index is 13.6. The van der Waals surface area contributed by atoms with E-state index in [0.29, 0.717) is 46.8 Å². The zero-order valence-electron chi connectivity index (χ0n) is 14.2. The zero-order valence-corrected chi connectivity index (χ0v) is 14.9. The van der Waals surface area contributed by atoms with Crippen molar-refractivity contribution in [2.75, 3.05) is 24.3 Å². The van der Waals surface area contributed by atoms with Gasteiger partial charge in [-0.2, -0.15) is 4.98 Å². The van der Waals surface area contributed by atoms with Gasteiger partial charge in [-0.25, -0.2) is 9.37 Å². The van der Waals surface area contributed by atoms with Crippen LogP contribution in [-0.4, -0.2) is 23.6 Å². The molecule has 0 saturated carbocycles. The molecule has 0 radical (unpaired) electrons. The molecule has 134 valence electrons. The first-order valence-electron chi connectivity index (χ1n) is 8.06. The van der Waals surface area contributed by atoms with Crippen molar-refractivity contribution < 1.29 is 9.13 Å². The van der Waals surface area contributed by atoms with Crippen LogP contribution in [-0.2, 0) is 6.42 Å². The minimum absolute atomic E-state index is 0.201. The Morgan fingerprint density at radius 2 is 2.00 bits per heavy atom. The van der Waals surface area contributed by atoms with Crippen LogP contribution in [0.15, 0.2) is 54.7 Å². The summed E-state index contributed by atoms with van der Waals surface area (Å²) < 4.78 is 18.9. The van der Waals surface area contributed by atoms with Gasteiger partial charge in [-0.3, -0.25) is 0 Å². The molecule has 0 spiro atoms. The van der Waals surface area contributed by atoms with Gasteiger partial charge >= 0.3 is 0 Å². The lowest BCUT2D eigenvalue weighted by Gasteiger charge is -2.11. The van der Waals surface area contributed by atoms with Gasteiger partial charge in [0.15, 0.2) is 0 Å². The van der Waals surface area contributed by atoms with Crippen molar-refractivity contribution in [2.45, 2.75) is 6.42 Å². The second-order valence-electron chi connectivity index (χ2n) is 5.50. The van der Waals surface area contributed by atoms with Crippen LogP contribution >= 0.6 is 11.6 Å². The molecule has 5 nitrogen and oxygen atoms in total. The number of nitrogens with one attached hydrogen (secondary N) is 2. The Balaban J connectivity index is 1.65. The Labute approximate surface area is 156 Å². The number of ether oxygens (including phenoxy) is 1. The maximum atomic E-state index is 13.6. The summed E-state index contributed by atoms with van der Waals surface area (Å²) in [4.78, 5) is 8.60. The molecule has 0 aliphatic carbocycles. The number of halogens is 2. The van der Waals surface area contributed by atoms with E-state index in [-0.39, 0.29) is 5.82 Å². The Morgan fingerprint density at radius 3 is 2.81 bits per heavy atom. The van der Waals surface area contributed by atoms with E-state index in [1.54, 1.807) is 49.7 Å². The lowest BCUT2D eigenvalue weighted by molar-refractivity contribution is 0.417. The van der Waals surface area contributed by atoms with E-state index >= 15 is 0 Å². The molecule has 0 aliphatic rings. The fraction of sp³-hybridized carbons (Fsp3) is 0.158. The lowest BCUT2D eigenvalue weighted by Crippen LogP contribution is -2.08. The van der Waals surface area contributed by atoms with Crippen molar-refractivity contribution in [3.8, 4) is 5.75 Å². The van der Waals surface area contributed by atoms with Crippen LogP contribution in [0.2, 0.25) is 5.02 Å². The minimum atomic E-state index is -0.201. The van der Waals surface area contributed by atoms with Crippen LogP contribution in [0.25, 0.3) is 0 Å².